The summed E-state index contributed by atoms with van der Waals surface area (Å²) in [5.41, 5.74) is 8.49. The molecule has 3 heterocycles. The number of nitrogens with zero attached hydrogens (tertiary/aromatic N) is 3. The number of carbonyl (C=O) groups is 3. The first-order valence-electron chi connectivity index (χ1n) is 16.2. The van der Waals surface area contributed by atoms with Crippen LogP contribution in [0, 0.1) is 0 Å². The number of hydrogen-bond acceptors (Lipinski definition) is 19. The van der Waals surface area contributed by atoms with E-state index in [1.165, 1.54) is 0 Å². The van der Waals surface area contributed by atoms with E-state index in [2.05, 4.69) is 20.7 Å². The summed E-state index contributed by atoms with van der Waals surface area (Å²) in [5.74, 6) is -6.47. The summed E-state index contributed by atoms with van der Waals surface area (Å²) < 4.78 is 34.0. The fourth-order valence-electron chi connectivity index (χ4n) is 6.07. The van der Waals surface area contributed by atoms with Gasteiger partial charge in [0.1, 0.15) is 67.1 Å². The van der Waals surface area contributed by atoms with Crippen molar-refractivity contribution in [3.63, 3.8) is 0 Å². The van der Waals surface area contributed by atoms with Crippen molar-refractivity contribution in [1.29, 1.82) is 0 Å². The third-order valence-electron chi connectivity index (χ3n) is 8.60. The van der Waals surface area contributed by atoms with E-state index in [4.69, 9.17) is 34.0 Å². The zero-order chi connectivity index (χ0) is 38.9. The molecule has 0 aromatic rings. The van der Waals surface area contributed by atoms with Crippen LogP contribution in [0.25, 0.3) is 10.4 Å². The highest BCUT2D eigenvalue weighted by molar-refractivity contribution is 5.76. The number of carboxylic acids is 1. The first kappa shape index (κ1) is 43.5. The molecule has 3 saturated heterocycles. The molecular formula is C28H47N5O19. The minimum absolute atomic E-state index is 0.0303. The van der Waals surface area contributed by atoms with Gasteiger partial charge in [0.15, 0.2) is 12.6 Å². The number of carboxylic acid groups (broad SMARTS) is 1. The molecule has 24 nitrogen and oxygen atoms in total. The number of nitrogens with one attached hydrogen (secondary N) is 2. The van der Waals surface area contributed by atoms with Gasteiger partial charge >= 0.3 is 5.97 Å². The molecule has 0 unspecified atom stereocenters. The van der Waals surface area contributed by atoms with Crippen LogP contribution in [0.15, 0.2) is 5.11 Å². The van der Waals surface area contributed by atoms with Crippen LogP contribution < -0.4 is 10.6 Å². The van der Waals surface area contributed by atoms with Crippen LogP contribution in [-0.4, -0.2) is 199 Å². The lowest BCUT2D eigenvalue weighted by Gasteiger charge is -2.51. The van der Waals surface area contributed by atoms with Gasteiger partial charge in [0.25, 0.3) is 5.79 Å². The zero-order valence-electron chi connectivity index (χ0n) is 28.1. The second-order valence-corrected chi connectivity index (χ2v) is 12.4. The van der Waals surface area contributed by atoms with Gasteiger partial charge in [-0.15, -0.1) is 0 Å². The van der Waals surface area contributed by atoms with Crippen LogP contribution in [-0.2, 0) is 42.8 Å². The van der Waals surface area contributed by atoms with Crippen molar-refractivity contribution in [3.05, 3.63) is 10.4 Å². The Balaban J connectivity index is 1.97. The molecule has 3 aliphatic rings. The maximum atomic E-state index is 12.8. The van der Waals surface area contributed by atoms with Crippen molar-refractivity contribution in [2.24, 2.45) is 5.11 Å². The average Bonchev–Trinajstić information content (AvgIpc) is 3.09. The van der Waals surface area contributed by atoms with Crippen LogP contribution in [0.2, 0.25) is 0 Å². The summed E-state index contributed by atoms with van der Waals surface area (Å²) >= 11 is 0. The van der Waals surface area contributed by atoms with E-state index in [1.54, 1.807) is 0 Å². The van der Waals surface area contributed by atoms with Gasteiger partial charge in [-0.3, -0.25) is 9.59 Å². The number of hydrogen-bond donors (Lipinski definition) is 12. The van der Waals surface area contributed by atoms with E-state index in [1.807, 2.05) is 0 Å². The number of aliphatic carboxylic acids is 1. The van der Waals surface area contributed by atoms with Gasteiger partial charge in [-0.25, -0.2) is 4.79 Å². The lowest BCUT2D eigenvalue weighted by molar-refractivity contribution is -0.381. The number of amides is 2. The fourth-order valence-corrected chi connectivity index (χ4v) is 6.07. The maximum absolute atomic E-state index is 12.8. The molecule has 3 fully saturated rings. The molecule has 0 spiro atoms. The van der Waals surface area contributed by atoms with Crippen molar-refractivity contribution in [1.82, 2.24) is 10.6 Å². The summed E-state index contributed by atoms with van der Waals surface area (Å²) in [4.78, 5) is 39.5. The Labute approximate surface area is 295 Å². The van der Waals surface area contributed by atoms with Crippen molar-refractivity contribution in [2.45, 2.75) is 124 Å². The minimum Gasteiger partial charge on any atom is -0.477 e. The van der Waals surface area contributed by atoms with Gasteiger partial charge in [0.05, 0.1) is 32.0 Å². The Morgan fingerprint density at radius 2 is 1.50 bits per heavy atom. The molecule has 298 valence electrons. The van der Waals surface area contributed by atoms with Gasteiger partial charge in [-0.1, -0.05) is 5.11 Å². The Morgan fingerprint density at radius 3 is 2.04 bits per heavy atom. The lowest BCUT2D eigenvalue weighted by atomic mass is 9.88. The molecule has 0 aromatic carbocycles. The predicted molar refractivity (Wildman–Crippen MR) is 164 cm³/mol. The van der Waals surface area contributed by atoms with Gasteiger partial charge in [0.2, 0.25) is 11.8 Å². The fraction of sp³-hybridized carbons (Fsp3) is 0.893. The van der Waals surface area contributed by atoms with Crippen LogP contribution in [0.3, 0.4) is 0 Å². The zero-order valence-corrected chi connectivity index (χ0v) is 28.1. The van der Waals surface area contributed by atoms with Crippen molar-refractivity contribution in [2.75, 3.05) is 33.0 Å². The molecule has 16 atom stereocenters. The van der Waals surface area contributed by atoms with Gasteiger partial charge < -0.3 is 90.1 Å². The second-order valence-electron chi connectivity index (χ2n) is 12.4. The van der Waals surface area contributed by atoms with Gasteiger partial charge in [0, 0.05) is 38.3 Å². The number of ether oxygens (including phenoxy) is 6. The quantitative estimate of drug-likeness (QED) is 0.0284. The molecule has 12 N–H and O–H groups in total. The summed E-state index contributed by atoms with van der Waals surface area (Å²) in [6.45, 7) is -0.783. The first-order valence-corrected chi connectivity index (χ1v) is 16.2. The molecule has 0 saturated carbocycles. The van der Waals surface area contributed by atoms with E-state index in [0.29, 0.717) is 0 Å². The number of aliphatic hydroxyl groups is 9. The third-order valence-corrected chi connectivity index (χ3v) is 8.60. The minimum atomic E-state index is -3.06. The topological polar surface area (TPSA) is 382 Å². The monoisotopic (exact) mass is 757 g/mol. The van der Waals surface area contributed by atoms with E-state index in [-0.39, 0.29) is 19.6 Å². The van der Waals surface area contributed by atoms with Crippen molar-refractivity contribution < 1.29 is 93.9 Å². The Kier molecular flexibility index (Phi) is 16.3. The number of carbonyl (C=O) groups excluding carboxylic acids is 2. The van der Waals surface area contributed by atoms with Crippen molar-refractivity contribution in [3.8, 4) is 0 Å². The summed E-state index contributed by atoms with van der Waals surface area (Å²) in [7, 11) is 0. The number of azide groups is 1. The molecule has 0 aliphatic carbocycles. The van der Waals surface area contributed by atoms with Crippen LogP contribution >= 0.6 is 0 Å². The Morgan fingerprint density at radius 1 is 0.923 bits per heavy atom. The molecule has 2 amide bonds. The van der Waals surface area contributed by atoms with Crippen molar-refractivity contribution >= 4 is 17.8 Å². The van der Waals surface area contributed by atoms with E-state index < -0.39 is 142 Å². The number of aliphatic hydroxyl groups excluding tert-OH is 9. The first-order chi connectivity index (χ1) is 24.5. The maximum Gasteiger partial charge on any atom is 0.364 e. The lowest BCUT2D eigenvalue weighted by Crippen LogP contribution is -2.71. The standard InChI is InChI=1S/C28H47N5O19/c1-10(37)31-16-12(39)6-28(27(45)46,51-23(16)18(41)13(40)7-34)52-24-20(43)15(9-36)49-26(21(24)44)50-22-17(32-11(2)38)25(47-5-3-4-30-33-29)48-14(8-35)19(22)42/h12-26,34-36,39-44H,3-9H2,1-2H3,(H,31,37)(H,32,38)(H,45,46)/t12-,13+,14+,15+,16+,17+,18+,19-,20-,21+,22+,23+,24-,25+,26-,28-/m0/s1. The predicted octanol–water partition coefficient (Wildman–Crippen LogP) is -6.35. The Bertz CT molecular complexity index is 1250. The molecule has 0 aromatic heterocycles. The Hall–Kier alpha value is -2.88. The summed E-state index contributed by atoms with van der Waals surface area (Å²) in [5, 5.41) is 113. The smallest absolute Gasteiger partial charge is 0.364 e. The van der Waals surface area contributed by atoms with Crippen LogP contribution in [0.5, 0.6) is 0 Å². The molecule has 0 radical (unpaired) electrons. The highest BCUT2D eigenvalue weighted by Crippen LogP contribution is 2.38. The van der Waals surface area contributed by atoms with E-state index >= 15 is 0 Å². The van der Waals surface area contributed by atoms with Crippen LogP contribution in [0.4, 0.5) is 0 Å². The molecule has 0 bridgehead atoms. The third kappa shape index (κ3) is 10.2. The summed E-state index contributed by atoms with van der Waals surface area (Å²) in [6.07, 6.45) is -25.2. The highest BCUT2D eigenvalue weighted by Gasteiger charge is 2.60. The van der Waals surface area contributed by atoms with E-state index in [0.717, 1.165) is 13.8 Å². The second kappa shape index (κ2) is 19.4. The van der Waals surface area contributed by atoms with E-state index in [9.17, 15) is 65.4 Å². The normalized spacial score (nSPS) is 39.1. The van der Waals surface area contributed by atoms with Gasteiger partial charge in [-0.05, 0) is 12.0 Å². The SMILES string of the molecule is CC(=O)N[C@H]1[C@H](OCCCN=[N+]=[N-])O[C@H](CO)[C@H](O)[C@@H]1O[C@@H]1O[C@H](CO)[C@H](O)[C@H](O[C@]2(C(=O)O)C[C@H](O)[C@@H](NC(C)=O)[C@H]([C@H](O)[C@H](O)CO)O2)[C@H]1O. The highest BCUT2D eigenvalue weighted by atomic mass is 16.8. The molecule has 52 heavy (non-hydrogen) atoms. The molecule has 3 aliphatic heterocycles. The number of rotatable bonds is 17. The van der Waals surface area contributed by atoms with Crippen LogP contribution in [0.1, 0.15) is 26.7 Å². The molecule has 3 rings (SSSR count). The van der Waals surface area contributed by atoms with Gasteiger partial charge in [-0.2, -0.15) is 0 Å². The summed E-state index contributed by atoms with van der Waals surface area (Å²) in [6, 6.07) is -2.96. The largest absolute Gasteiger partial charge is 0.477 e. The molecule has 24 heteroatoms. The molecular weight excluding hydrogens is 710 g/mol. The average molecular weight is 758 g/mol.